The van der Waals surface area contributed by atoms with Crippen LogP contribution in [0.3, 0.4) is 0 Å². The van der Waals surface area contributed by atoms with Crippen LogP contribution in [0.5, 0.6) is 0 Å². The van der Waals surface area contributed by atoms with Crippen LogP contribution in [0.25, 0.3) is 0 Å². The second-order valence-corrected chi connectivity index (χ2v) is 7.59. The second-order valence-electron chi connectivity index (χ2n) is 7.16. The lowest BCUT2D eigenvalue weighted by molar-refractivity contribution is -0.119. The molecular formula is C21H20ClN3O4. The summed E-state index contributed by atoms with van der Waals surface area (Å²) < 4.78 is 5.13. The standard InChI is InChI=1S/C21H20ClN3O4/c1-12-9-14(22)5-6-15(12)23-19(26)11-29-21(28)13-4-7-17-16(10-13)24-20(27)18-3-2-8-25(17)18/h4-7,9-10,18H,2-3,8,11H2,1H3,(H,23,26)(H,24,27)/t18-/m1/s1. The number of aryl methyl sites for hydroxylation is 1. The molecule has 0 bridgehead atoms. The van der Waals surface area contributed by atoms with Crippen molar-refractivity contribution < 1.29 is 19.1 Å². The van der Waals surface area contributed by atoms with Crippen molar-refractivity contribution in [1.29, 1.82) is 0 Å². The summed E-state index contributed by atoms with van der Waals surface area (Å²) in [5.41, 5.74) is 3.18. The number of amides is 2. The fraction of sp³-hybridized carbons (Fsp3) is 0.286. The van der Waals surface area contributed by atoms with E-state index in [2.05, 4.69) is 15.5 Å². The van der Waals surface area contributed by atoms with E-state index in [0.29, 0.717) is 16.4 Å². The Morgan fingerprint density at radius 2 is 2.10 bits per heavy atom. The third-order valence-electron chi connectivity index (χ3n) is 5.15. The summed E-state index contributed by atoms with van der Waals surface area (Å²) in [7, 11) is 0. The molecule has 2 aliphatic rings. The number of esters is 1. The number of carbonyl (C=O) groups is 3. The fourth-order valence-electron chi connectivity index (χ4n) is 3.73. The molecule has 2 amide bonds. The molecule has 2 heterocycles. The Hall–Kier alpha value is -3.06. The van der Waals surface area contributed by atoms with E-state index in [4.69, 9.17) is 16.3 Å². The number of hydrogen-bond acceptors (Lipinski definition) is 5. The third-order valence-corrected chi connectivity index (χ3v) is 5.39. The molecule has 1 fully saturated rings. The number of nitrogens with one attached hydrogen (secondary N) is 2. The van der Waals surface area contributed by atoms with Crippen LogP contribution in [-0.2, 0) is 14.3 Å². The highest BCUT2D eigenvalue weighted by Gasteiger charge is 2.36. The van der Waals surface area contributed by atoms with Crippen LogP contribution >= 0.6 is 11.6 Å². The minimum Gasteiger partial charge on any atom is -0.452 e. The van der Waals surface area contributed by atoms with Crippen LogP contribution in [0.2, 0.25) is 5.02 Å². The van der Waals surface area contributed by atoms with Gasteiger partial charge in [0.1, 0.15) is 6.04 Å². The van der Waals surface area contributed by atoms with Crippen LogP contribution in [0.1, 0.15) is 28.8 Å². The SMILES string of the molecule is Cc1cc(Cl)ccc1NC(=O)COC(=O)c1ccc2c(c1)NC(=O)[C@H]1CCCN21. The first-order chi connectivity index (χ1) is 13.9. The van der Waals surface area contributed by atoms with Gasteiger partial charge in [0.25, 0.3) is 5.91 Å². The largest absolute Gasteiger partial charge is 0.452 e. The predicted molar refractivity (Wildman–Crippen MR) is 111 cm³/mol. The van der Waals surface area contributed by atoms with E-state index >= 15 is 0 Å². The molecule has 1 atom stereocenters. The number of halogens is 1. The average Bonchev–Trinajstić information content (AvgIpc) is 3.19. The van der Waals surface area contributed by atoms with Crippen LogP contribution in [0.15, 0.2) is 36.4 Å². The molecule has 150 valence electrons. The van der Waals surface area contributed by atoms with Gasteiger partial charge in [0.2, 0.25) is 5.91 Å². The number of ether oxygens (including phenoxy) is 1. The summed E-state index contributed by atoms with van der Waals surface area (Å²) in [5, 5.41) is 6.12. The van der Waals surface area contributed by atoms with E-state index < -0.39 is 18.5 Å². The maximum absolute atomic E-state index is 12.4. The first-order valence-corrected chi connectivity index (χ1v) is 9.75. The molecule has 2 aromatic rings. The molecule has 7 nitrogen and oxygen atoms in total. The Kier molecular flexibility index (Phi) is 5.15. The van der Waals surface area contributed by atoms with E-state index in [1.54, 1.807) is 36.4 Å². The van der Waals surface area contributed by atoms with Gasteiger partial charge in [-0.1, -0.05) is 11.6 Å². The average molecular weight is 414 g/mol. The molecule has 2 aromatic carbocycles. The number of carbonyl (C=O) groups excluding carboxylic acids is 3. The lowest BCUT2D eigenvalue weighted by atomic mass is 10.1. The van der Waals surface area contributed by atoms with E-state index in [0.717, 1.165) is 30.6 Å². The van der Waals surface area contributed by atoms with Crippen molar-refractivity contribution >= 4 is 46.4 Å². The number of nitrogens with zero attached hydrogens (tertiary/aromatic N) is 1. The van der Waals surface area contributed by atoms with Gasteiger partial charge in [0.15, 0.2) is 6.61 Å². The van der Waals surface area contributed by atoms with Gasteiger partial charge in [-0.3, -0.25) is 9.59 Å². The number of fused-ring (bicyclic) bond motifs is 3. The van der Waals surface area contributed by atoms with Gasteiger partial charge in [0.05, 0.1) is 16.9 Å². The number of rotatable bonds is 4. The summed E-state index contributed by atoms with van der Waals surface area (Å²) in [4.78, 5) is 38.8. The van der Waals surface area contributed by atoms with Gasteiger partial charge in [-0.15, -0.1) is 0 Å². The normalized spacial score (nSPS) is 17.2. The predicted octanol–water partition coefficient (Wildman–Crippen LogP) is 3.36. The Labute approximate surface area is 173 Å². The maximum Gasteiger partial charge on any atom is 0.338 e. The van der Waals surface area contributed by atoms with Crippen molar-refractivity contribution in [3.63, 3.8) is 0 Å². The highest BCUT2D eigenvalue weighted by Crippen LogP contribution is 2.37. The number of benzene rings is 2. The molecule has 2 aliphatic heterocycles. The number of hydrogen-bond donors (Lipinski definition) is 2. The van der Waals surface area contributed by atoms with E-state index in [1.807, 2.05) is 6.92 Å². The molecule has 0 aliphatic carbocycles. The van der Waals surface area contributed by atoms with Crippen molar-refractivity contribution in [3.05, 3.63) is 52.5 Å². The van der Waals surface area contributed by atoms with Gasteiger partial charge in [-0.2, -0.15) is 0 Å². The summed E-state index contributed by atoms with van der Waals surface area (Å²) in [6.45, 7) is 2.22. The van der Waals surface area contributed by atoms with Crippen molar-refractivity contribution in [2.75, 3.05) is 28.7 Å². The Morgan fingerprint density at radius 3 is 2.90 bits per heavy atom. The Bertz CT molecular complexity index is 1010. The van der Waals surface area contributed by atoms with Gasteiger partial charge >= 0.3 is 5.97 Å². The van der Waals surface area contributed by atoms with Crippen molar-refractivity contribution in [1.82, 2.24) is 0 Å². The summed E-state index contributed by atoms with van der Waals surface area (Å²) in [6, 6.07) is 9.99. The molecule has 0 spiro atoms. The zero-order valence-electron chi connectivity index (χ0n) is 15.8. The van der Waals surface area contributed by atoms with E-state index in [1.165, 1.54) is 0 Å². The highest BCUT2D eigenvalue weighted by atomic mass is 35.5. The topological polar surface area (TPSA) is 87.7 Å². The zero-order chi connectivity index (χ0) is 20.5. The van der Waals surface area contributed by atoms with Crippen LogP contribution < -0.4 is 15.5 Å². The summed E-state index contributed by atoms with van der Waals surface area (Å²) in [6.07, 6.45) is 1.79. The first-order valence-electron chi connectivity index (χ1n) is 9.37. The lowest BCUT2D eigenvalue weighted by Crippen LogP contribution is -2.43. The monoisotopic (exact) mass is 413 g/mol. The molecule has 0 aromatic heterocycles. The molecule has 2 N–H and O–H groups in total. The second kappa shape index (κ2) is 7.75. The Morgan fingerprint density at radius 1 is 1.28 bits per heavy atom. The summed E-state index contributed by atoms with van der Waals surface area (Å²) in [5.74, 6) is -1.14. The highest BCUT2D eigenvalue weighted by molar-refractivity contribution is 6.30. The minimum absolute atomic E-state index is 0.0572. The molecule has 4 rings (SSSR count). The Balaban J connectivity index is 1.39. The zero-order valence-corrected chi connectivity index (χ0v) is 16.6. The quantitative estimate of drug-likeness (QED) is 0.750. The van der Waals surface area contributed by atoms with Crippen molar-refractivity contribution in [3.8, 4) is 0 Å². The minimum atomic E-state index is -0.631. The van der Waals surface area contributed by atoms with Gasteiger partial charge < -0.3 is 20.3 Å². The molecule has 0 saturated carbocycles. The van der Waals surface area contributed by atoms with E-state index in [9.17, 15) is 14.4 Å². The van der Waals surface area contributed by atoms with Crippen molar-refractivity contribution in [2.24, 2.45) is 0 Å². The molecular weight excluding hydrogens is 394 g/mol. The van der Waals surface area contributed by atoms with Gasteiger partial charge in [-0.25, -0.2) is 4.79 Å². The fourth-order valence-corrected chi connectivity index (χ4v) is 3.95. The van der Waals surface area contributed by atoms with Crippen LogP contribution in [0.4, 0.5) is 17.1 Å². The van der Waals surface area contributed by atoms with Crippen LogP contribution in [-0.4, -0.2) is 37.0 Å². The van der Waals surface area contributed by atoms with Gasteiger partial charge in [-0.05, 0) is 61.7 Å². The molecule has 29 heavy (non-hydrogen) atoms. The van der Waals surface area contributed by atoms with Gasteiger partial charge in [0, 0.05) is 17.3 Å². The molecule has 0 unspecified atom stereocenters. The smallest absolute Gasteiger partial charge is 0.338 e. The van der Waals surface area contributed by atoms with Crippen molar-refractivity contribution in [2.45, 2.75) is 25.8 Å². The molecule has 1 saturated heterocycles. The molecule has 0 radical (unpaired) electrons. The first kappa shape index (κ1) is 19.3. The summed E-state index contributed by atoms with van der Waals surface area (Å²) >= 11 is 5.90. The number of anilines is 3. The molecule has 8 heteroatoms. The maximum atomic E-state index is 12.4. The van der Waals surface area contributed by atoms with Crippen LogP contribution in [0, 0.1) is 6.92 Å². The third kappa shape index (κ3) is 3.91. The lowest BCUT2D eigenvalue weighted by Gasteiger charge is -2.33. The van der Waals surface area contributed by atoms with E-state index in [-0.39, 0.29) is 17.5 Å².